The highest BCUT2D eigenvalue weighted by Gasteiger charge is 2.34. The topological polar surface area (TPSA) is 45.1 Å². The molecule has 0 aromatic carbocycles. The van der Waals surface area contributed by atoms with Crippen molar-refractivity contribution in [2.45, 2.75) is 41.5 Å². The van der Waals surface area contributed by atoms with Crippen LogP contribution in [0.1, 0.15) is 25.7 Å². The van der Waals surface area contributed by atoms with Crippen LogP contribution >= 0.6 is 27.7 Å². The van der Waals surface area contributed by atoms with Gasteiger partial charge in [0.05, 0.1) is 11.6 Å². The number of nitrogens with zero attached hydrogens (tertiary/aromatic N) is 1. The first kappa shape index (κ1) is 14.3. The molecule has 1 aliphatic rings. The zero-order valence-electron chi connectivity index (χ0n) is 10.5. The molecule has 3 nitrogen and oxygen atoms in total. The number of rotatable bonds is 4. The number of nitrogens with one attached hydrogen (secondary N) is 1. The van der Waals surface area contributed by atoms with Crippen molar-refractivity contribution in [3.05, 3.63) is 22.8 Å². The summed E-state index contributed by atoms with van der Waals surface area (Å²) < 4.78 is 1.01. The predicted molar refractivity (Wildman–Crippen MR) is 78.9 cm³/mol. The Bertz CT molecular complexity index is 381. The van der Waals surface area contributed by atoms with Crippen LogP contribution in [0.25, 0.3) is 0 Å². The summed E-state index contributed by atoms with van der Waals surface area (Å²) in [7, 11) is 1.95. The van der Waals surface area contributed by atoms with E-state index >= 15 is 0 Å². The van der Waals surface area contributed by atoms with E-state index in [1.165, 1.54) is 6.42 Å². The van der Waals surface area contributed by atoms with Gasteiger partial charge in [0.1, 0.15) is 0 Å². The van der Waals surface area contributed by atoms with Gasteiger partial charge < -0.3 is 10.4 Å². The van der Waals surface area contributed by atoms with Crippen LogP contribution in [0.5, 0.6) is 0 Å². The van der Waals surface area contributed by atoms with Gasteiger partial charge in [-0.1, -0.05) is 6.42 Å². The van der Waals surface area contributed by atoms with Gasteiger partial charge in [-0.2, -0.15) is 0 Å². The molecule has 100 valence electrons. The van der Waals surface area contributed by atoms with Crippen LogP contribution in [0.4, 0.5) is 0 Å². The van der Waals surface area contributed by atoms with Crippen LogP contribution in [0, 0.1) is 0 Å². The average molecular weight is 331 g/mol. The van der Waals surface area contributed by atoms with Gasteiger partial charge in [0.15, 0.2) is 0 Å². The van der Waals surface area contributed by atoms with Crippen molar-refractivity contribution in [3.8, 4) is 0 Å². The molecule has 0 saturated heterocycles. The van der Waals surface area contributed by atoms with Gasteiger partial charge >= 0.3 is 0 Å². The average Bonchev–Trinajstić information content (AvgIpc) is 2.41. The number of hydrogen-bond donors (Lipinski definition) is 2. The number of likely N-dealkylation sites (N-methyl/N-ethyl adjacent to an activating group) is 1. The first-order valence-electron chi connectivity index (χ1n) is 6.25. The molecule has 2 rings (SSSR count). The Hall–Kier alpha value is -0.100. The van der Waals surface area contributed by atoms with E-state index in [1.807, 2.05) is 37.1 Å². The second kappa shape index (κ2) is 6.37. The summed E-state index contributed by atoms with van der Waals surface area (Å²) in [4.78, 5) is 4.40. The molecule has 0 amide bonds. The lowest BCUT2D eigenvalue weighted by Gasteiger charge is -2.39. The van der Waals surface area contributed by atoms with E-state index in [-0.39, 0.29) is 12.1 Å². The molecule has 1 aliphatic carbocycles. The minimum absolute atomic E-state index is 0.0920. The molecule has 1 fully saturated rings. The van der Waals surface area contributed by atoms with Crippen LogP contribution in [0.2, 0.25) is 0 Å². The van der Waals surface area contributed by atoms with Gasteiger partial charge in [-0.05, 0) is 54.4 Å². The summed E-state index contributed by atoms with van der Waals surface area (Å²) in [6.45, 7) is 0.217. The third-order valence-electron chi connectivity index (χ3n) is 3.62. The molecule has 1 saturated carbocycles. The standard InChI is InChI=1S/C13H19BrN2OS/c1-15-13(9-17)6-2-3-11(7-13)18-12-5-4-10(14)8-16-12/h4-5,8,11,15,17H,2-3,6-7,9H2,1H3. The highest BCUT2D eigenvalue weighted by molar-refractivity contribution is 9.10. The second-order valence-corrected chi connectivity index (χ2v) is 7.08. The number of aliphatic hydroxyl groups is 1. The molecule has 0 bridgehead atoms. The largest absolute Gasteiger partial charge is 0.394 e. The molecular weight excluding hydrogens is 312 g/mol. The lowest BCUT2D eigenvalue weighted by atomic mass is 9.82. The number of halogens is 1. The Morgan fingerprint density at radius 3 is 3.06 bits per heavy atom. The zero-order chi connectivity index (χ0) is 13.0. The quantitative estimate of drug-likeness (QED) is 0.891. The molecule has 1 aromatic rings. The Labute approximate surface area is 121 Å². The molecule has 0 spiro atoms. The van der Waals surface area contributed by atoms with Crippen LogP contribution in [-0.2, 0) is 0 Å². The Kier molecular flexibility index (Phi) is 5.06. The predicted octanol–water partition coefficient (Wildman–Crippen LogP) is 2.83. The lowest BCUT2D eigenvalue weighted by molar-refractivity contribution is 0.131. The molecule has 2 atom stereocenters. The molecule has 2 N–H and O–H groups in total. The van der Waals surface area contributed by atoms with Crippen molar-refractivity contribution < 1.29 is 5.11 Å². The molecule has 1 aromatic heterocycles. The van der Waals surface area contributed by atoms with Crippen molar-refractivity contribution >= 4 is 27.7 Å². The monoisotopic (exact) mass is 330 g/mol. The van der Waals surface area contributed by atoms with Crippen LogP contribution in [0.15, 0.2) is 27.8 Å². The molecule has 5 heteroatoms. The molecule has 0 radical (unpaired) electrons. The molecule has 18 heavy (non-hydrogen) atoms. The summed E-state index contributed by atoms with van der Waals surface area (Å²) in [6, 6.07) is 4.07. The number of thioether (sulfide) groups is 1. The van der Waals surface area contributed by atoms with E-state index in [9.17, 15) is 5.11 Å². The molecular formula is C13H19BrN2OS. The fourth-order valence-corrected chi connectivity index (χ4v) is 3.98. The van der Waals surface area contributed by atoms with E-state index in [2.05, 4.69) is 26.2 Å². The highest BCUT2D eigenvalue weighted by atomic mass is 79.9. The van der Waals surface area contributed by atoms with Crippen molar-refractivity contribution in [1.82, 2.24) is 10.3 Å². The maximum Gasteiger partial charge on any atom is 0.0963 e. The normalized spacial score (nSPS) is 28.3. The molecule has 2 unspecified atom stereocenters. The van der Waals surface area contributed by atoms with Gasteiger partial charge in [-0.15, -0.1) is 11.8 Å². The fourth-order valence-electron chi connectivity index (χ4n) is 2.46. The summed E-state index contributed by atoms with van der Waals surface area (Å²) >= 11 is 5.22. The van der Waals surface area contributed by atoms with Crippen molar-refractivity contribution in [1.29, 1.82) is 0 Å². The first-order valence-corrected chi connectivity index (χ1v) is 7.93. The highest BCUT2D eigenvalue weighted by Crippen LogP contribution is 2.37. The number of aliphatic hydroxyl groups excluding tert-OH is 1. The first-order chi connectivity index (χ1) is 8.67. The maximum absolute atomic E-state index is 9.57. The maximum atomic E-state index is 9.57. The van der Waals surface area contributed by atoms with Crippen LogP contribution < -0.4 is 5.32 Å². The Balaban J connectivity index is 1.99. The SMILES string of the molecule is CNC1(CO)CCCC(Sc2ccc(Br)cn2)C1. The minimum atomic E-state index is -0.0920. The van der Waals surface area contributed by atoms with E-state index in [1.54, 1.807) is 0 Å². The third-order valence-corrected chi connectivity index (χ3v) is 5.31. The third kappa shape index (κ3) is 3.47. The van der Waals surface area contributed by atoms with E-state index < -0.39 is 0 Å². The zero-order valence-corrected chi connectivity index (χ0v) is 12.9. The van der Waals surface area contributed by atoms with E-state index in [0.29, 0.717) is 5.25 Å². The molecule has 1 heterocycles. The van der Waals surface area contributed by atoms with E-state index in [4.69, 9.17) is 0 Å². The van der Waals surface area contributed by atoms with Gasteiger partial charge in [0.2, 0.25) is 0 Å². The van der Waals surface area contributed by atoms with Crippen molar-refractivity contribution in [2.24, 2.45) is 0 Å². The van der Waals surface area contributed by atoms with Gasteiger partial charge in [0.25, 0.3) is 0 Å². The summed E-state index contributed by atoms with van der Waals surface area (Å²) in [5, 5.41) is 14.5. The van der Waals surface area contributed by atoms with Gasteiger partial charge in [-0.3, -0.25) is 0 Å². The summed E-state index contributed by atoms with van der Waals surface area (Å²) in [5.41, 5.74) is -0.0920. The lowest BCUT2D eigenvalue weighted by Crippen LogP contribution is -2.50. The molecule has 0 aliphatic heterocycles. The van der Waals surface area contributed by atoms with Crippen LogP contribution in [0.3, 0.4) is 0 Å². The Morgan fingerprint density at radius 1 is 1.61 bits per heavy atom. The summed E-state index contributed by atoms with van der Waals surface area (Å²) in [5.74, 6) is 0. The number of pyridine rings is 1. The minimum Gasteiger partial charge on any atom is -0.394 e. The van der Waals surface area contributed by atoms with Crippen LogP contribution in [-0.4, -0.2) is 34.5 Å². The number of aromatic nitrogens is 1. The van der Waals surface area contributed by atoms with Gasteiger partial charge in [0, 0.05) is 21.5 Å². The van der Waals surface area contributed by atoms with Gasteiger partial charge in [-0.25, -0.2) is 4.98 Å². The van der Waals surface area contributed by atoms with Crippen molar-refractivity contribution in [2.75, 3.05) is 13.7 Å². The second-order valence-electron chi connectivity index (χ2n) is 4.84. The Morgan fingerprint density at radius 2 is 2.44 bits per heavy atom. The van der Waals surface area contributed by atoms with Crippen molar-refractivity contribution in [3.63, 3.8) is 0 Å². The number of hydrogen-bond acceptors (Lipinski definition) is 4. The summed E-state index contributed by atoms with van der Waals surface area (Å²) in [6.07, 6.45) is 6.26. The smallest absolute Gasteiger partial charge is 0.0963 e. The fraction of sp³-hybridized carbons (Fsp3) is 0.615. The van der Waals surface area contributed by atoms with E-state index in [0.717, 1.165) is 28.8 Å².